The van der Waals surface area contributed by atoms with Crippen LogP contribution in [0.15, 0.2) is 24.5 Å². The van der Waals surface area contributed by atoms with Crippen molar-refractivity contribution in [3.63, 3.8) is 0 Å². The first-order valence-corrected chi connectivity index (χ1v) is 7.41. The summed E-state index contributed by atoms with van der Waals surface area (Å²) in [7, 11) is 1.68. The molecule has 0 radical (unpaired) electrons. The first kappa shape index (κ1) is 15.9. The molecule has 5 nitrogen and oxygen atoms in total. The number of rotatable bonds is 7. The summed E-state index contributed by atoms with van der Waals surface area (Å²) in [6.45, 7) is 6.16. The molecule has 0 aliphatic carbocycles. The highest BCUT2D eigenvalue weighted by Crippen LogP contribution is 2.29. The Balaban J connectivity index is 2.43. The van der Waals surface area contributed by atoms with E-state index in [1.54, 1.807) is 19.5 Å². The lowest BCUT2D eigenvalue weighted by molar-refractivity contribution is 0.182. The maximum atomic E-state index is 6.37. The van der Waals surface area contributed by atoms with Crippen LogP contribution in [0.3, 0.4) is 0 Å². The van der Waals surface area contributed by atoms with Crippen molar-refractivity contribution in [2.75, 3.05) is 20.3 Å². The zero-order chi connectivity index (χ0) is 15.2. The molecule has 2 heterocycles. The van der Waals surface area contributed by atoms with E-state index in [9.17, 15) is 0 Å². The van der Waals surface area contributed by atoms with Crippen molar-refractivity contribution in [3.8, 4) is 0 Å². The SMILES string of the molecule is CCNC(c1cccnc1C)c1c(Cl)cnn1CCOC. The monoisotopic (exact) mass is 308 g/mol. The molecule has 0 fully saturated rings. The van der Waals surface area contributed by atoms with E-state index in [1.165, 1.54) is 0 Å². The van der Waals surface area contributed by atoms with Crippen molar-refractivity contribution < 1.29 is 4.74 Å². The molecule has 1 atom stereocenters. The Kier molecular flexibility index (Phi) is 5.73. The van der Waals surface area contributed by atoms with Crippen LogP contribution < -0.4 is 5.32 Å². The maximum absolute atomic E-state index is 6.37. The molecule has 2 aromatic rings. The van der Waals surface area contributed by atoms with Crippen LogP contribution >= 0.6 is 11.6 Å². The van der Waals surface area contributed by atoms with Gasteiger partial charge in [-0.3, -0.25) is 9.67 Å². The number of pyridine rings is 1. The van der Waals surface area contributed by atoms with E-state index in [1.807, 2.05) is 17.7 Å². The quantitative estimate of drug-likeness (QED) is 0.854. The van der Waals surface area contributed by atoms with Gasteiger partial charge in [-0.2, -0.15) is 5.10 Å². The molecule has 0 amide bonds. The van der Waals surface area contributed by atoms with Crippen LogP contribution in [-0.4, -0.2) is 35.0 Å². The fourth-order valence-electron chi connectivity index (χ4n) is 2.37. The molecule has 2 aromatic heterocycles. The number of methoxy groups -OCH3 is 1. The molecule has 0 bridgehead atoms. The van der Waals surface area contributed by atoms with Crippen LogP contribution in [0.25, 0.3) is 0 Å². The normalized spacial score (nSPS) is 12.6. The zero-order valence-electron chi connectivity index (χ0n) is 12.6. The molecule has 2 rings (SSSR count). The summed E-state index contributed by atoms with van der Waals surface area (Å²) in [6.07, 6.45) is 3.48. The van der Waals surface area contributed by atoms with Gasteiger partial charge in [0.15, 0.2) is 0 Å². The predicted octanol–water partition coefficient (Wildman–Crippen LogP) is 2.59. The van der Waals surface area contributed by atoms with Crippen molar-refractivity contribution in [2.45, 2.75) is 26.4 Å². The van der Waals surface area contributed by atoms with Gasteiger partial charge in [-0.05, 0) is 25.1 Å². The van der Waals surface area contributed by atoms with E-state index in [0.29, 0.717) is 18.2 Å². The molecule has 0 saturated heterocycles. The van der Waals surface area contributed by atoms with Gasteiger partial charge in [0.1, 0.15) is 0 Å². The summed E-state index contributed by atoms with van der Waals surface area (Å²) in [5, 5.41) is 8.48. The molecule has 6 heteroatoms. The Labute approximate surface area is 130 Å². The van der Waals surface area contributed by atoms with E-state index in [-0.39, 0.29) is 6.04 Å². The van der Waals surface area contributed by atoms with Crippen LogP contribution in [0.4, 0.5) is 0 Å². The fourth-order valence-corrected chi connectivity index (χ4v) is 2.63. The smallest absolute Gasteiger partial charge is 0.0837 e. The highest BCUT2D eigenvalue weighted by Gasteiger charge is 2.23. The van der Waals surface area contributed by atoms with E-state index >= 15 is 0 Å². The van der Waals surface area contributed by atoms with Gasteiger partial charge in [-0.15, -0.1) is 0 Å². The van der Waals surface area contributed by atoms with Crippen LogP contribution in [0.2, 0.25) is 5.02 Å². The van der Waals surface area contributed by atoms with Gasteiger partial charge >= 0.3 is 0 Å². The second-order valence-electron chi connectivity index (χ2n) is 4.76. The molecule has 0 aliphatic rings. The average molecular weight is 309 g/mol. The standard InChI is InChI=1S/C15H21ClN4O/c1-4-17-14(12-6-5-7-18-11(12)2)15-13(16)10-19-20(15)8-9-21-3/h5-7,10,14,17H,4,8-9H2,1-3H3. The molecule has 0 spiro atoms. The third kappa shape index (κ3) is 3.61. The van der Waals surface area contributed by atoms with Crippen molar-refractivity contribution in [1.29, 1.82) is 0 Å². The lowest BCUT2D eigenvalue weighted by Crippen LogP contribution is -2.26. The van der Waals surface area contributed by atoms with Gasteiger partial charge in [0, 0.05) is 19.0 Å². The second kappa shape index (κ2) is 7.54. The number of ether oxygens (including phenoxy) is 1. The van der Waals surface area contributed by atoms with Crippen molar-refractivity contribution in [3.05, 3.63) is 46.5 Å². The molecular weight excluding hydrogens is 288 g/mol. The number of halogens is 1. The minimum Gasteiger partial charge on any atom is -0.383 e. The highest BCUT2D eigenvalue weighted by atomic mass is 35.5. The average Bonchev–Trinajstić information content (AvgIpc) is 2.84. The highest BCUT2D eigenvalue weighted by molar-refractivity contribution is 6.31. The minimum atomic E-state index is -0.0319. The summed E-state index contributed by atoms with van der Waals surface area (Å²) in [5.74, 6) is 0. The molecule has 0 saturated carbocycles. The summed E-state index contributed by atoms with van der Waals surface area (Å²) in [6, 6.07) is 3.98. The summed E-state index contributed by atoms with van der Waals surface area (Å²) >= 11 is 6.37. The van der Waals surface area contributed by atoms with Gasteiger partial charge in [0.25, 0.3) is 0 Å². The molecule has 1 N–H and O–H groups in total. The van der Waals surface area contributed by atoms with Gasteiger partial charge in [0.05, 0.1) is 36.1 Å². The number of nitrogens with one attached hydrogen (secondary N) is 1. The van der Waals surface area contributed by atoms with E-state index in [0.717, 1.165) is 23.5 Å². The maximum Gasteiger partial charge on any atom is 0.0837 e. The Morgan fingerprint density at radius 2 is 2.29 bits per heavy atom. The summed E-state index contributed by atoms with van der Waals surface area (Å²) in [5.41, 5.74) is 3.05. The summed E-state index contributed by atoms with van der Waals surface area (Å²) in [4.78, 5) is 4.38. The van der Waals surface area contributed by atoms with Crippen molar-refractivity contribution in [1.82, 2.24) is 20.1 Å². The Morgan fingerprint density at radius 3 is 2.95 bits per heavy atom. The topological polar surface area (TPSA) is 52.0 Å². The van der Waals surface area contributed by atoms with E-state index in [4.69, 9.17) is 16.3 Å². The van der Waals surface area contributed by atoms with E-state index < -0.39 is 0 Å². The fraction of sp³-hybridized carbons (Fsp3) is 0.467. The Hall–Kier alpha value is -1.43. The molecule has 0 aliphatic heterocycles. The minimum absolute atomic E-state index is 0.0319. The van der Waals surface area contributed by atoms with Crippen molar-refractivity contribution in [2.24, 2.45) is 0 Å². The number of hydrogen-bond acceptors (Lipinski definition) is 4. The largest absolute Gasteiger partial charge is 0.383 e. The number of nitrogens with zero attached hydrogens (tertiary/aromatic N) is 3. The third-order valence-electron chi connectivity index (χ3n) is 3.38. The number of aromatic nitrogens is 3. The first-order chi connectivity index (χ1) is 10.2. The lowest BCUT2D eigenvalue weighted by atomic mass is 10.0. The van der Waals surface area contributed by atoms with Gasteiger partial charge in [-0.25, -0.2) is 0 Å². The molecule has 0 aromatic carbocycles. The van der Waals surface area contributed by atoms with Gasteiger partial charge in [-0.1, -0.05) is 24.6 Å². The summed E-state index contributed by atoms with van der Waals surface area (Å²) < 4.78 is 7.04. The Morgan fingerprint density at radius 1 is 1.48 bits per heavy atom. The van der Waals surface area contributed by atoms with Gasteiger partial charge in [0.2, 0.25) is 0 Å². The molecule has 1 unspecified atom stereocenters. The number of aryl methyl sites for hydroxylation is 1. The van der Waals surface area contributed by atoms with E-state index in [2.05, 4.69) is 28.4 Å². The van der Waals surface area contributed by atoms with Crippen LogP contribution in [0, 0.1) is 6.92 Å². The lowest BCUT2D eigenvalue weighted by Gasteiger charge is -2.21. The van der Waals surface area contributed by atoms with Crippen LogP contribution in [0.5, 0.6) is 0 Å². The molecular formula is C15H21ClN4O. The van der Waals surface area contributed by atoms with Crippen LogP contribution in [-0.2, 0) is 11.3 Å². The Bertz CT molecular complexity index is 585. The zero-order valence-corrected chi connectivity index (χ0v) is 13.4. The molecule has 114 valence electrons. The predicted molar refractivity (Wildman–Crippen MR) is 83.6 cm³/mol. The first-order valence-electron chi connectivity index (χ1n) is 7.04. The molecule has 21 heavy (non-hydrogen) atoms. The van der Waals surface area contributed by atoms with Crippen LogP contribution in [0.1, 0.15) is 29.9 Å². The van der Waals surface area contributed by atoms with Crippen molar-refractivity contribution >= 4 is 11.6 Å². The third-order valence-corrected chi connectivity index (χ3v) is 3.67. The second-order valence-corrected chi connectivity index (χ2v) is 5.17. The van der Waals surface area contributed by atoms with Gasteiger partial charge < -0.3 is 10.1 Å². The number of hydrogen-bond donors (Lipinski definition) is 1.